The molecule has 2 heteroatoms. The van der Waals surface area contributed by atoms with Gasteiger partial charge in [0.05, 0.1) is 11.9 Å². The first-order valence-corrected chi connectivity index (χ1v) is 4.19. The van der Waals surface area contributed by atoms with Crippen molar-refractivity contribution in [3.8, 4) is 11.3 Å². The summed E-state index contributed by atoms with van der Waals surface area (Å²) in [7, 11) is 0. The molecular weight excluding hydrogens is 160 g/mol. The Bertz CT molecular complexity index is 402. The molecule has 0 saturated heterocycles. The van der Waals surface area contributed by atoms with E-state index >= 15 is 0 Å². The first-order chi connectivity index (χ1) is 6.27. The maximum atomic E-state index is 4.04. The summed E-state index contributed by atoms with van der Waals surface area (Å²) in [5.74, 6) is 0. The third-order valence-electron chi connectivity index (χ3n) is 2.04. The van der Waals surface area contributed by atoms with E-state index in [4.69, 9.17) is 0 Å². The molecule has 1 aromatic carbocycles. The van der Waals surface area contributed by atoms with Crippen LogP contribution in [0.2, 0.25) is 0 Å². The third-order valence-corrected chi connectivity index (χ3v) is 2.04. The van der Waals surface area contributed by atoms with Crippen LogP contribution in [-0.4, -0.2) is 9.97 Å². The number of aromatic amines is 1. The van der Waals surface area contributed by atoms with Gasteiger partial charge in [0.1, 0.15) is 0 Å². The first-order valence-electron chi connectivity index (χ1n) is 4.19. The lowest BCUT2D eigenvalue weighted by Crippen LogP contribution is -1.84. The van der Waals surface area contributed by atoms with Crippen LogP contribution < -0.4 is 0 Å². The van der Waals surface area contributed by atoms with Crippen LogP contribution in [0.5, 0.6) is 0 Å². The van der Waals surface area contributed by atoms with Crippen LogP contribution in [0.1, 0.15) is 11.1 Å². The van der Waals surface area contributed by atoms with Crippen molar-refractivity contribution in [2.24, 2.45) is 0 Å². The minimum atomic E-state index is 0.831. The molecule has 2 aromatic rings. The van der Waals surface area contributed by atoms with Crippen LogP contribution in [0.15, 0.2) is 18.2 Å². The zero-order valence-corrected chi connectivity index (χ0v) is 7.68. The number of rotatable bonds is 1. The lowest BCUT2D eigenvalue weighted by atomic mass is 10.0. The van der Waals surface area contributed by atoms with Crippen molar-refractivity contribution < 1.29 is 0 Å². The molecule has 64 valence electrons. The SMILES string of the molecule is Cc1ccc(-c2[c][nH][c]n2)c(C)c1. The van der Waals surface area contributed by atoms with E-state index in [1.165, 1.54) is 11.1 Å². The van der Waals surface area contributed by atoms with Crippen molar-refractivity contribution in [1.82, 2.24) is 9.97 Å². The molecule has 0 fully saturated rings. The van der Waals surface area contributed by atoms with Gasteiger partial charge in [-0.3, -0.25) is 0 Å². The van der Waals surface area contributed by atoms with Gasteiger partial charge in [0.25, 0.3) is 0 Å². The number of nitrogens with zero attached hydrogens (tertiary/aromatic N) is 1. The third kappa shape index (κ3) is 1.47. The van der Waals surface area contributed by atoms with Gasteiger partial charge in [-0.25, -0.2) is 4.98 Å². The Morgan fingerprint density at radius 1 is 1.31 bits per heavy atom. The maximum Gasteiger partial charge on any atom is 0.174 e. The van der Waals surface area contributed by atoms with Gasteiger partial charge in [0.2, 0.25) is 0 Å². The zero-order chi connectivity index (χ0) is 9.26. The summed E-state index contributed by atoms with van der Waals surface area (Å²) < 4.78 is 0. The first kappa shape index (κ1) is 8.05. The molecule has 13 heavy (non-hydrogen) atoms. The van der Waals surface area contributed by atoms with Gasteiger partial charge in [0, 0.05) is 5.56 Å². The van der Waals surface area contributed by atoms with E-state index in [1.54, 1.807) is 0 Å². The molecule has 2 rings (SSSR count). The van der Waals surface area contributed by atoms with Crippen LogP contribution in [0.3, 0.4) is 0 Å². The Morgan fingerprint density at radius 3 is 2.77 bits per heavy atom. The topological polar surface area (TPSA) is 28.7 Å². The number of aryl methyl sites for hydroxylation is 2. The summed E-state index contributed by atoms with van der Waals surface area (Å²) in [4.78, 5) is 6.75. The summed E-state index contributed by atoms with van der Waals surface area (Å²) in [6.45, 7) is 4.15. The van der Waals surface area contributed by atoms with Crippen molar-refractivity contribution in [2.75, 3.05) is 0 Å². The average Bonchev–Trinajstić information content (AvgIpc) is 2.56. The highest BCUT2D eigenvalue weighted by Crippen LogP contribution is 2.20. The molecule has 0 aliphatic heterocycles. The molecule has 0 aliphatic carbocycles. The molecule has 1 aromatic heterocycles. The van der Waals surface area contributed by atoms with E-state index in [2.05, 4.69) is 54.5 Å². The van der Waals surface area contributed by atoms with Crippen molar-refractivity contribution in [3.05, 3.63) is 41.9 Å². The highest BCUT2D eigenvalue weighted by Gasteiger charge is 2.03. The number of hydrogen-bond donors (Lipinski definition) is 1. The Hall–Kier alpha value is -1.57. The van der Waals surface area contributed by atoms with Crippen molar-refractivity contribution in [2.45, 2.75) is 13.8 Å². The van der Waals surface area contributed by atoms with Crippen molar-refractivity contribution in [1.29, 1.82) is 0 Å². The molecule has 2 nitrogen and oxygen atoms in total. The number of hydrogen-bond acceptors (Lipinski definition) is 1. The fourth-order valence-corrected chi connectivity index (χ4v) is 1.41. The van der Waals surface area contributed by atoms with Crippen LogP contribution in [0, 0.1) is 26.4 Å². The summed E-state index contributed by atoms with van der Waals surface area (Å²) >= 11 is 0. The lowest BCUT2D eigenvalue weighted by Gasteiger charge is -2.02. The second-order valence-corrected chi connectivity index (χ2v) is 3.14. The number of aromatic nitrogens is 2. The van der Waals surface area contributed by atoms with E-state index < -0.39 is 0 Å². The van der Waals surface area contributed by atoms with Crippen LogP contribution in [0.4, 0.5) is 0 Å². The van der Waals surface area contributed by atoms with Gasteiger partial charge in [-0.1, -0.05) is 23.8 Å². The molecule has 1 heterocycles. The second-order valence-electron chi connectivity index (χ2n) is 3.14. The van der Waals surface area contributed by atoms with E-state index in [0.717, 1.165) is 11.3 Å². The van der Waals surface area contributed by atoms with E-state index in [9.17, 15) is 0 Å². The average molecular weight is 170 g/mol. The molecule has 0 spiro atoms. The van der Waals surface area contributed by atoms with Gasteiger partial charge in [-0.2, -0.15) is 0 Å². The van der Waals surface area contributed by atoms with Gasteiger partial charge in [0.15, 0.2) is 6.33 Å². The van der Waals surface area contributed by atoms with Gasteiger partial charge >= 0.3 is 0 Å². The predicted octanol–water partition coefficient (Wildman–Crippen LogP) is 2.29. The molecule has 0 atom stereocenters. The second kappa shape index (κ2) is 3.05. The van der Waals surface area contributed by atoms with Crippen LogP contribution in [-0.2, 0) is 0 Å². The number of benzene rings is 1. The van der Waals surface area contributed by atoms with Crippen molar-refractivity contribution >= 4 is 0 Å². The Kier molecular flexibility index (Phi) is 1.89. The molecule has 0 amide bonds. The highest BCUT2D eigenvalue weighted by molar-refractivity contribution is 5.62. The van der Waals surface area contributed by atoms with Crippen LogP contribution in [0.25, 0.3) is 11.3 Å². The Labute approximate surface area is 77.6 Å². The van der Waals surface area contributed by atoms with E-state index in [-0.39, 0.29) is 0 Å². The molecule has 1 N–H and O–H groups in total. The summed E-state index contributed by atoms with van der Waals surface area (Å²) in [6, 6.07) is 6.27. The smallest absolute Gasteiger partial charge is 0.174 e. The predicted molar refractivity (Wildman–Crippen MR) is 51.2 cm³/mol. The standard InChI is InChI=1S/C11H10N2/c1-8-3-4-10(9(2)5-8)11-6-12-7-13-11/h3-5H,1-2H3,(H,12,13). The summed E-state index contributed by atoms with van der Waals surface area (Å²) in [6.07, 6.45) is 5.56. The summed E-state index contributed by atoms with van der Waals surface area (Å²) in [5.41, 5.74) is 4.43. The molecule has 0 saturated carbocycles. The minimum absolute atomic E-state index is 0.831. The normalized spacial score (nSPS) is 10.3. The number of imidazole rings is 1. The monoisotopic (exact) mass is 170 g/mol. The maximum absolute atomic E-state index is 4.04. The zero-order valence-electron chi connectivity index (χ0n) is 7.68. The fourth-order valence-electron chi connectivity index (χ4n) is 1.41. The summed E-state index contributed by atoms with van der Waals surface area (Å²) in [5, 5.41) is 0. The highest BCUT2D eigenvalue weighted by atomic mass is 14.9. The Balaban J connectivity index is 2.53. The largest absolute Gasteiger partial charge is 0.334 e. The van der Waals surface area contributed by atoms with Crippen LogP contribution >= 0.6 is 0 Å². The molecule has 2 radical (unpaired) electrons. The van der Waals surface area contributed by atoms with E-state index in [0.29, 0.717) is 0 Å². The molecule has 0 bridgehead atoms. The van der Waals surface area contributed by atoms with Gasteiger partial charge < -0.3 is 4.98 Å². The van der Waals surface area contributed by atoms with Crippen molar-refractivity contribution in [3.63, 3.8) is 0 Å². The quantitative estimate of drug-likeness (QED) is 0.699. The lowest BCUT2D eigenvalue weighted by molar-refractivity contribution is 1.28. The number of nitrogens with one attached hydrogen (secondary N) is 1. The van der Waals surface area contributed by atoms with Gasteiger partial charge in [-0.15, -0.1) is 0 Å². The fraction of sp³-hybridized carbons (Fsp3) is 0.182. The minimum Gasteiger partial charge on any atom is -0.334 e. The van der Waals surface area contributed by atoms with E-state index in [1.807, 2.05) is 0 Å². The molecule has 0 aliphatic rings. The number of H-pyrrole nitrogens is 1. The Morgan fingerprint density at radius 2 is 2.15 bits per heavy atom. The molecular formula is C11H10N2. The van der Waals surface area contributed by atoms with Gasteiger partial charge in [-0.05, 0) is 19.4 Å². The molecule has 0 unspecified atom stereocenters.